The van der Waals surface area contributed by atoms with Crippen LogP contribution in [0, 0.1) is 0 Å². The van der Waals surface area contributed by atoms with E-state index < -0.39 is 12.2 Å². The molecule has 5 heteroatoms. The molecular weight excluding hydrogens is 218 g/mol. The predicted octanol–water partition coefficient (Wildman–Crippen LogP) is 1.86. The van der Waals surface area contributed by atoms with E-state index in [1.54, 1.807) is 24.3 Å². The minimum Gasteiger partial charge on any atom is -0.450 e. The lowest BCUT2D eigenvalue weighted by molar-refractivity contribution is 0.111. The fraction of sp³-hybridized carbons (Fsp3) is 0.300. The maximum atomic E-state index is 10.3. The highest BCUT2D eigenvalue weighted by molar-refractivity contribution is 6.30. The molecule has 0 aliphatic carbocycles. The van der Waals surface area contributed by atoms with Crippen molar-refractivity contribution in [1.29, 1.82) is 0 Å². The Bertz CT molecular complexity index is 326. The number of carbonyl (C=O) groups excluding carboxylic acids is 1. The summed E-state index contributed by atoms with van der Waals surface area (Å²) in [6.45, 7) is 0.0964. The lowest BCUT2D eigenvalue weighted by Gasteiger charge is -2.10. The minimum atomic E-state index is -0.835. The third kappa shape index (κ3) is 4.18. The van der Waals surface area contributed by atoms with Crippen LogP contribution in [0.15, 0.2) is 24.3 Å². The number of halogens is 1. The first-order valence-electron chi connectivity index (χ1n) is 4.45. The lowest BCUT2D eigenvalue weighted by atomic mass is 10.1. The number of primary amides is 1. The summed E-state index contributed by atoms with van der Waals surface area (Å²) < 4.78 is 4.51. The third-order valence-electron chi connectivity index (χ3n) is 1.89. The Labute approximate surface area is 92.6 Å². The molecule has 0 radical (unpaired) electrons. The summed E-state index contributed by atoms with van der Waals surface area (Å²) in [5, 5.41) is 10.3. The normalized spacial score (nSPS) is 12.1. The van der Waals surface area contributed by atoms with Gasteiger partial charge in [0.25, 0.3) is 0 Å². The monoisotopic (exact) mass is 229 g/mol. The van der Waals surface area contributed by atoms with Gasteiger partial charge in [-0.25, -0.2) is 4.79 Å². The van der Waals surface area contributed by atoms with Crippen LogP contribution in [0.1, 0.15) is 18.1 Å². The Morgan fingerprint density at radius 3 is 2.60 bits per heavy atom. The average Bonchev–Trinajstić information content (AvgIpc) is 2.18. The van der Waals surface area contributed by atoms with E-state index in [9.17, 15) is 9.90 Å². The maximum absolute atomic E-state index is 10.3. The summed E-state index contributed by atoms with van der Waals surface area (Å²) >= 11 is 5.69. The number of aliphatic hydroxyl groups excluding tert-OH is 1. The topological polar surface area (TPSA) is 72.6 Å². The van der Waals surface area contributed by atoms with Crippen molar-refractivity contribution in [2.45, 2.75) is 12.5 Å². The zero-order chi connectivity index (χ0) is 11.3. The van der Waals surface area contributed by atoms with Crippen molar-refractivity contribution in [2.75, 3.05) is 6.61 Å². The number of carbonyl (C=O) groups is 1. The van der Waals surface area contributed by atoms with Gasteiger partial charge in [0.1, 0.15) is 0 Å². The molecule has 3 N–H and O–H groups in total. The van der Waals surface area contributed by atoms with Crippen LogP contribution < -0.4 is 5.73 Å². The Hall–Kier alpha value is -1.26. The zero-order valence-corrected chi connectivity index (χ0v) is 8.78. The van der Waals surface area contributed by atoms with Crippen LogP contribution in [-0.4, -0.2) is 17.8 Å². The first-order valence-corrected chi connectivity index (χ1v) is 4.83. The van der Waals surface area contributed by atoms with Crippen LogP contribution in [0.2, 0.25) is 5.02 Å². The fourth-order valence-corrected chi connectivity index (χ4v) is 1.25. The number of aliphatic hydroxyl groups is 1. The van der Waals surface area contributed by atoms with E-state index in [1.807, 2.05) is 0 Å². The molecule has 0 saturated heterocycles. The second-order valence-corrected chi connectivity index (χ2v) is 3.46. The molecule has 0 aliphatic heterocycles. The maximum Gasteiger partial charge on any atom is 0.404 e. The van der Waals surface area contributed by atoms with Crippen LogP contribution in [0.4, 0.5) is 4.79 Å². The highest BCUT2D eigenvalue weighted by atomic mass is 35.5. The largest absolute Gasteiger partial charge is 0.450 e. The van der Waals surface area contributed by atoms with Crippen molar-refractivity contribution in [1.82, 2.24) is 0 Å². The predicted molar refractivity (Wildman–Crippen MR) is 56.6 cm³/mol. The van der Waals surface area contributed by atoms with E-state index in [1.165, 1.54) is 0 Å². The number of nitrogens with two attached hydrogens (primary N) is 1. The van der Waals surface area contributed by atoms with Gasteiger partial charge in [-0.1, -0.05) is 23.7 Å². The van der Waals surface area contributed by atoms with Crippen molar-refractivity contribution >= 4 is 17.7 Å². The Kier molecular flexibility index (Phi) is 4.39. The molecule has 0 aliphatic rings. The minimum absolute atomic E-state index is 0.0964. The van der Waals surface area contributed by atoms with Gasteiger partial charge in [-0.05, 0) is 17.7 Å². The van der Waals surface area contributed by atoms with Crippen LogP contribution in [-0.2, 0) is 4.74 Å². The third-order valence-corrected chi connectivity index (χ3v) is 2.14. The molecule has 1 atom stereocenters. The second-order valence-electron chi connectivity index (χ2n) is 3.02. The smallest absolute Gasteiger partial charge is 0.404 e. The summed E-state index contributed by atoms with van der Waals surface area (Å²) in [5.41, 5.74) is 5.51. The Balaban J connectivity index is 2.43. The molecule has 15 heavy (non-hydrogen) atoms. The van der Waals surface area contributed by atoms with Gasteiger partial charge in [0.05, 0.1) is 12.7 Å². The summed E-state index contributed by atoms with van der Waals surface area (Å²) in [4.78, 5) is 10.3. The van der Waals surface area contributed by atoms with Gasteiger partial charge in [0.2, 0.25) is 0 Å². The molecule has 4 nitrogen and oxygen atoms in total. The van der Waals surface area contributed by atoms with Gasteiger partial charge in [-0.3, -0.25) is 0 Å². The summed E-state index contributed by atoms with van der Waals surface area (Å²) in [6.07, 6.45) is -1.20. The summed E-state index contributed by atoms with van der Waals surface area (Å²) in [7, 11) is 0. The SMILES string of the molecule is NC(=O)OCCC(O)c1ccc(Cl)cc1. The molecule has 0 aromatic heterocycles. The Morgan fingerprint density at radius 2 is 2.07 bits per heavy atom. The van der Waals surface area contributed by atoms with E-state index in [2.05, 4.69) is 4.74 Å². The number of hydrogen-bond donors (Lipinski definition) is 2. The van der Waals surface area contributed by atoms with Crippen molar-refractivity contribution in [3.63, 3.8) is 0 Å². The molecule has 0 spiro atoms. The van der Waals surface area contributed by atoms with Gasteiger partial charge >= 0.3 is 6.09 Å². The number of ether oxygens (including phenoxy) is 1. The molecule has 0 saturated carbocycles. The second kappa shape index (κ2) is 5.58. The molecule has 1 aromatic rings. The van der Waals surface area contributed by atoms with Crippen LogP contribution in [0.3, 0.4) is 0 Å². The van der Waals surface area contributed by atoms with E-state index in [0.29, 0.717) is 11.4 Å². The number of amides is 1. The fourth-order valence-electron chi connectivity index (χ4n) is 1.12. The van der Waals surface area contributed by atoms with E-state index in [-0.39, 0.29) is 6.61 Å². The van der Waals surface area contributed by atoms with Gasteiger partial charge in [0, 0.05) is 11.4 Å². The molecule has 0 heterocycles. The molecule has 82 valence electrons. The molecule has 1 unspecified atom stereocenters. The average molecular weight is 230 g/mol. The van der Waals surface area contributed by atoms with Crippen molar-refractivity contribution in [3.8, 4) is 0 Å². The van der Waals surface area contributed by atoms with Crippen LogP contribution in [0.25, 0.3) is 0 Å². The molecular formula is C10H12ClNO3. The van der Waals surface area contributed by atoms with E-state index in [0.717, 1.165) is 5.56 Å². The number of hydrogen-bond acceptors (Lipinski definition) is 3. The first kappa shape index (κ1) is 11.8. The van der Waals surface area contributed by atoms with E-state index >= 15 is 0 Å². The summed E-state index contributed by atoms with van der Waals surface area (Å²) in [5.74, 6) is 0. The highest BCUT2D eigenvalue weighted by Crippen LogP contribution is 2.18. The molecule has 1 rings (SSSR count). The van der Waals surface area contributed by atoms with Gasteiger partial charge in [-0.2, -0.15) is 0 Å². The van der Waals surface area contributed by atoms with Crippen LogP contribution in [0.5, 0.6) is 0 Å². The quantitative estimate of drug-likeness (QED) is 0.828. The Morgan fingerprint density at radius 1 is 1.47 bits per heavy atom. The van der Waals surface area contributed by atoms with Crippen LogP contribution >= 0.6 is 11.6 Å². The van der Waals surface area contributed by atoms with Gasteiger partial charge in [0.15, 0.2) is 0 Å². The van der Waals surface area contributed by atoms with E-state index in [4.69, 9.17) is 17.3 Å². The molecule has 1 aromatic carbocycles. The molecule has 1 amide bonds. The standard InChI is InChI=1S/C10H12ClNO3/c11-8-3-1-7(2-4-8)9(13)5-6-15-10(12)14/h1-4,9,13H,5-6H2,(H2,12,14). The first-order chi connectivity index (χ1) is 7.09. The summed E-state index contributed by atoms with van der Waals surface area (Å²) in [6, 6.07) is 6.82. The lowest BCUT2D eigenvalue weighted by Crippen LogP contribution is -2.15. The molecule has 0 fully saturated rings. The molecule has 0 bridgehead atoms. The van der Waals surface area contributed by atoms with Crippen molar-refractivity contribution < 1.29 is 14.6 Å². The zero-order valence-electron chi connectivity index (χ0n) is 8.02. The number of benzene rings is 1. The van der Waals surface area contributed by atoms with Crippen molar-refractivity contribution in [2.24, 2.45) is 5.73 Å². The van der Waals surface area contributed by atoms with Gasteiger partial charge in [-0.15, -0.1) is 0 Å². The highest BCUT2D eigenvalue weighted by Gasteiger charge is 2.07. The van der Waals surface area contributed by atoms with Crippen molar-refractivity contribution in [3.05, 3.63) is 34.9 Å². The van der Waals surface area contributed by atoms with Gasteiger partial charge < -0.3 is 15.6 Å². The number of rotatable bonds is 4.